The smallest absolute Gasteiger partial charge is 0.226 e. The van der Waals surface area contributed by atoms with Crippen molar-refractivity contribution in [2.24, 2.45) is 5.92 Å². The molecule has 1 aliphatic heterocycles. The molecule has 3 heteroatoms. The van der Waals surface area contributed by atoms with Crippen LogP contribution in [-0.4, -0.2) is 47.4 Å². The predicted octanol–water partition coefficient (Wildman–Crippen LogP) is 1.48. The molecular formula is C13H22N2O. The molecule has 0 aromatic carbocycles. The van der Waals surface area contributed by atoms with Crippen LogP contribution in [0.5, 0.6) is 0 Å². The molecule has 3 aliphatic rings. The summed E-state index contributed by atoms with van der Waals surface area (Å²) >= 11 is 0. The first-order chi connectivity index (χ1) is 7.75. The third kappa shape index (κ3) is 1.86. The second-order valence-corrected chi connectivity index (χ2v) is 5.73. The van der Waals surface area contributed by atoms with Crippen molar-refractivity contribution in [1.29, 1.82) is 0 Å². The maximum atomic E-state index is 12.0. The van der Waals surface area contributed by atoms with Gasteiger partial charge in [-0.2, -0.15) is 0 Å². The molecule has 2 saturated carbocycles. The average molecular weight is 222 g/mol. The molecule has 3 rings (SSSR count). The molecule has 16 heavy (non-hydrogen) atoms. The third-order valence-electron chi connectivity index (χ3n) is 4.46. The molecule has 0 radical (unpaired) electrons. The van der Waals surface area contributed by atoms with Crippen LogP contribution in [0.25, 0.3) is 0 Å². The van der Waals surface area contributed by atoms with Gasteiger partial charge in [0.1, 0.15) is 0 Å². The highest BCUT2D eigenvalue weighted by molar-refractivity contribution is 5.81. The highest BCUT2D eigenvalue weighted by atomic mass is 16.2. The summed E-state index contributed by atoms with van der Waals surface area (Å²) in [5, 5.41) is 0. The molecule has 3 fully saturated rings. The Morgan fingerprint density at radius 1 is 1.12 bits per heavy atom. The predicted molar refractivity (Wildman–Crippen MR) is 63.1 cm³/mol. The maximum absolute atomic E-state index is 12.0. The molecule has 1 saturated heterocycles. The Kier molecular flexibility index (Phi) is 2.66. The molecule has 1 amide bonds. The fraction of sp³-hybridized carbons (Fsp3) is 0.923. The molecule has 0 aromatic heterocycles. The van der Waals surface area contributed by atoms with Crippen LogP contribution >= 0.6 is 0 Å². The van der Waals surface area contributed by atoms with Crippen LogP contribution in [0.2, 0.25) is 0 Å². The topological polar surface area (TPSA) is 23.6 Å². The Morgan fingerprint density at radius 2 is 1.88 bits per heavy atom. The molecule has 0 N–H and O–H groups in total. The molecule has 0 aromatic rings. The van der Waals surface area contributed by atoms with Crippen molar-refractivity contribution in [3.8, 4) is 0 Å². The molecule has 0 bridgehead atoms. The van der Waals surface area contributed by atoms with E-state index in [4.69, 9.17) is 0 Å². The lowest BCUT2D eigenvalue weighted by Crippen LogP contribution is -2.57. The molecular weight excluding hydrogens is 200 g/mol. The maximum Gasteiger partial charge on any atom is 0.226 e. The normalized spacial score (nSPS) is 32.6. The van der Waals surface area contributed by atoms with Crippen molar-refractivity contribution in [2.45, 2.75) is 51.1 Å². The number of rotatable bonds is 2. The van der Waals surface area contributed by atoms with E-state index in [0.29, 0.717) is 17.9 Å². The molecule has 90 valence electrons. The van der Waals surface area contributed by atoms with E-state index < -0.39 is 0 Å². The van der Waals surface area contributed by atoms with Crippen molar-refractivity contribution in [1.82, 2.24) is 9.80 Å². The van der Waals surface area contributed by atoms with Gasteiger partial charge in [0.2, 0.25) is 5.91 Å². The van der Waals surface area contributed by atoms with E-state index in [0.717, 1.165) is 38.5 Å². The van der Waals surface area contributed by atoms with Gasteiger partial charge >= 0.3 is 0 Å². The Balaban J connectivity index is 1.57. The first kappa shape index (κ1) is 10.6. The Bertz CT molecular complexity index is 284. The summed E-state index contributed by atoms with van der Waals surface area (Å²) in [6.45, 7) is 5.38. The fourth-order valence-electron chi connectivity index (χ4n) is 2.96. The van der Waals surface area contributed by atoms with Crippen LogP contribution in [0.15, 0.2) is 0 Å². The first-order valence-electron chi connectivity index (χ1n) is 6.80. The van der Waals surface area contributed by atoms with Crippen molar-refractivity contribution in [3.63, 3.8) is 0 Å². The summed E-state index contributed by atoms with van der Waals surface area (Å²) in [4.78, 5) is 16.8. The van der Waals surface area contributed by atoms with Gasteiger partial charge < -0.3 is 4.90 Å². The van der Waals surface area contributed by atoms with Crippen LogP contribution in [0.3, 0.4) is 0 Å². The summed E-state index contributed by atoms with van der Waals surface area (Å²) in [6, 6.07) is 1.27. The van der Waals surface area contributed by atoms with E-state index in [-0.39, 0.29) is 0 Å². The van der Waals surface area contributed by atoms with Gasteiger partial charge in [0.15, 0.2) is 0 Å². The zero-order valence-corrected chi connectivity index (χ0v) is 10.2. The van der Waals surface area contributed by atoms with Crippen LogP contribution in [0, 0.1) is 5.92 Å². The van der Waals surface area contributed by atoms with Crippen molar-refractivity contribution >= 4 is 5.91 Å². The van der Waals surface area contributed by atoms with E-state index in [2.05, 4.69) is 16.7 Å². The van der Waals surface area contributed by atoms with E-state index in [1.54, 1.807) is 0 Å². The van der Waals surface area contributed by atoms with Gasteiger partial charge in [-0.15, -0.1) is 0 Å². The lowest BCUT2D eigenvalue weighted by molar-refractivity contribution is -0.137. The van der Waals surface area contributed by atoms with Gasteiger partial charge in [0.05, 0.1) is 0 Å². The number of carbonyl (C=O) groups is 1. The van der Waals surface area contributed by atoms with Gasteiger partial charge in [-0.3, -0.25) is 9.69 Å². The van der Waals surface area contributed by atoms with E-state index in [9.17, 15) is 4.79 Å². The summed E-state index contributed by atoms with van der Waals surface area (Å²) < 4.78 is 0. The van der Waals surface area contributed by atoms with Crippen LogP contribution < -0.4 is 0 Å². The summed E-state index contributed by atoms with van der Waals surface area (Å²) in [6.07, 6.45) is 6.43. The quantitative estimate of drug-likeness (QED) is 0.706. The van der Waals surface area contributed by atoms with Crippen molar-refractivity contribution < 1.29 is 4.79 Å². The van der Waals surface area contributed by atoms with E-state index >= 15 is 0 Å². The molecule has 0 unspecified atom stereocenters. The summed E-state index contributed by atoms with van der Waals surface area (Å²) in [5.41, 5.74) is 0. The van der Waals surface area contributed by atoms with E-state index in [1.807, 2.05) is 0 Å². The van der Waals surface area contributed by atoms with E-state index in [1.165, 1.54) is 19.3 Å². The lowest BCUT2D eigenvalue weighted by Gasteiger charge is -2.46. The number of amides is 1. The number of carbonyl (C=O) groups excluding carboxylic acids is 1. The number of hydrogen-bond acceptors (Lipinski definition) is 2. The minimum Gasteiger partial charge on any atom is -0.337 e. The van der Waals surface area contributed by atoms with Crippen LogP contribution in [-0.2, 0) is 4.79 Å². The molecule has 3 nitrogen and oxygen atoms in total. The highest BCUT2D eigenvalue weighted by Gasteiger charge is 2.38. The lowest BCUT2D eigenvalue weighted by atomic mass is 9.90. The molecule has 2 aliphatic carbocycles. The highest BCUT2D eigenvalue weighted by Crippen LogP contribution is 2.33. The second-order valence-electron chi connectivity index (χ2n) is 5.73. The zero-order valence-electron chi connectivity index (χ0n) is 10.2. The minimum absolute atomic E-state index is 0.387. The molecule has 1 atom stereocenters. The van der Waals surface area contributed by atoms with Crippen molar-refractivity contribution in [2.75, 3.05) is 19.6 Å². The van der Waals surface area contributed by atoms with Gasteiger partial charge in [0.25, 0.3) is 0 Å². The summed E-state index contributed by atoms with van der Waals surface area (Å²) in [5.74, 6) is 0.818. The monoisotopic (exact) mass is 222 g/mol. The first-order valence-corrected chi connectivity index (χ1v) is 6.80. The number of piperazine rings is 1. The average Bonchev–Trinajstić information content (AvgIpc) is 2.97. The standard InChI is InChI=1S/C13H22N2O/c1-10-9-14(12-3-2-4-12)7-8-15(10)13(16)11-5-6-11/h10-12H,2-9H2,1H3/t10-/m1/s1. The van der Waals surface area contributed by atoms with Gasteiger partial charge in [-0.1, -0.05) is 6.42 Å². The number of hydrogen-bond donors (Lipinski definition) is 0. The fourth-order valence-corrected chi connectivity index (χ4v) is 2.96. The van der Waals surface area contributed by atoms with Crippen LogP contribution in [0.1, 0.15) is 39.0 Å². The molecule has 1 heterocycles. The second kappa shape index (κ2) is 4.02. The van der Waals surface area contributed by atoms with Crippen LogP contribution in [0.4, 0.5) is 0 Å². The Labute approximate surface area is 97.8 Å². The zero-order chi connectivity index (χ0) is 11.1. The summed E-state index contributed by atoms with van der Waals surface area (Å²) in [7, 11) is 0. The Hall–Kier alpha value is -0.570. The van der Waals surface area contributed by atoms with Gasteiger partial charge in [0, 0.05) is 37.6 Å². The third-order valence-corrected chi connectivity index (χ3v) is 4.46. The minimum atomic E-state index is 0.387. The molecule has 0 spiro atoms. The van der Waals surface area contributed by atoms with Crippen molar-refractivity contribution in [3.05, 3.63) is 0 Å². The Morgan fingerprint density at radius 3 is 2.38 bits per heavy atom. The van der Waals surface area contributed by atoms with Gasteiger partial charge in [-0.25, -0.2) is 0 Å². The number of nitrogens with zero attached hydrogens (tertiary/aromatic N) is 2. The van der Waals surface area contributed by atoms with Gasteiger partial charge in [-0.05, 0) is 32.6 Å². The SMILES string of the molecule is C[C@@H]1CN(C2CCC2)CCN1C(=O)C1CC1. The largest absolute Gasteiger partial charge is 0.337 e.